The van der Waals surface area contributed by atoms with Crippen molar-refractivity contribution in [3.8, 4) is 0 Å². The number of carbonyl (C=O) groups is 2. The van der Waals surface area contributed by atoms with Gasteiger partial charge in [0, 0.05) is 29.7 Å². The molecule has 130 valence electrons. The number of anilines is 1. The molecule has 7 nitrogen and oxygen atoms in total. The zero-order valence-electron chi connectivity index (χ0n) is 14.1. The number of aromatic amines is 1. The van der Waals surface area contributed by atoms with Crippen LogP contribution >= 0.6 is 0 Å². The molecular weight excluding hydrogens is 320 g/mol. The summed E-state index contributed by atoms with van der Waals surface area (Å²) in [5, 5.41) is 17.1. The Labute approximate surface area is 144 Å². The summed E-state index contributed by atoms with van der Waals surface area (Å²) in [5.74, 6) is -1.13. The molecule has 0 aliphatic rings. The number of aromatic nitrogens is 3. The van der Waals surface area contributed by atoms with Crippen LogP contribution in [0.1, 0.15) is 25.8 Å². The number of fused-ring (bicyclic) bond motifs is 1. The summed E-state index contributed by atoms with van der Waals surface area (Å²) in [6.45, 7) is 3.09. The topological polar surface area (TPSA) is 100 Å². The molecule has 3 N–H and O–H groups in total. The number of nitrogens with one attached hydrogen (secondary N) is 2. The van der Waals surface area contributed by atoms with Crippen molar-refractivity contribution in [1.82, 2.24) is 14.8 Å². The Balaban J connectivity index is 1.62. The van der Waals surface area contributed by atoms with Crippen molar-refractivity contribution >= 4 is 28.5 Å². The molecule has 0 saturated heterocycles. The molecule has 2 aromatic heterocycles. The summed E-state index contributed by atoms with van der Waals surface area (Å²) in [6.07, 6.45) is 5.84. The van der Waals surface area contributed by atoms with Crippen molar-refractivity contribution in [2.24, 2.45) is 0 Å². The fourth-order valence-electron chi connectivity index (χ4n) is 2.60. The molecule has 0 radical (unpaired) electrons. The zero-order chi connectivity index (χ0) is 18.0. The standard InChI is InChI=1S/C18H20N4O3/c1-18(2,17(24)25)22-11-13(10-20-22)21-16(23)8-7-12-9-19-15-6-4-3-5-14(12)15/h3-6,9-11,19H,7-8H2,1-2H3,(H,21,23)(H,24,25). The Hall–Kier alpha value is -3.09. The molecule has 0 saturated carbocycles. The average molecular weight is 340 g/mol. The first-order valence-corrected chi connectivity index (χ1v) is 8.01. The lowest BCUT2D eigenvalue weighted by Crippen LogP contribution is -2.35. The molecule has 3 aromatic rings. The maximum Gasteiger partial charge on any atom is 0.331 e. The van der Waals surface area contributed by atoms with Crippen LogP contribution in [-0.4, -0.2) is 31.7 Å². The molecule has 7 heteroatoms. The molecule has 1 amide bonds. The van der Waals surface area contributed by atoms with Crippen LogP contribution in [0, 0.1) is 0 Å². The van der Waals surface area contributed by atoms with Gasteiger partial charge in [-0.15, -0.1) is 0 Å². The van der Waals surface area contributed by atoms with Gasteiger partial charge in [0.2, 0.25) is 5.91 Å². The fourth-order valence-corrected chi connectivity index (χ4v) is 2.60. The number of aliphatic carboxylic acids is 1. The number of benzene rings is 1. The van der Waals surface area contributed by atoms with E-state index in [1.807, 2.05) is 30.5 Å². The Morgan fingerprint density at radius 3 is 2.84 bits per heavy atom. The average Bonchev–Trinajstić information content (AvgIpc) is 3.20. The van der Waals surface area contributed by atoms with Gasteiger partial charge in [-0.3, -0.25) is 9.48 Å². The molecule has 2 heterocycles. The van der Waals surface area contributed by atoms with Gasteiger partial charge in [0.05, 0.1) is 11.9 Å². The number of nitrogens with zero attached hydrogens (tertiary/aromatic N) is 2. The van der Waals surface area contributed by atoms with Gasteiger partial charge >= 0.3 is 5.97 Å². The van der Waals surface area contributed by atoms with Crippen LogP contribution in [0.4, 0.5) is 5.69 Å². The van der Waals surface area contributed by atoms with Gasteiger partial charge in [0.1, 0.15) is 0 Å². The van der Waals surface area contributed by atoms with E-state index in [1.54, 1.807) is 13.8 Å². The number of carboxylic acid groups (broad SMARTS) is 1. The lowest BCUT2D eigenvalue weighted by atomic mass is 10.1. The summed E-state index contributed by atoms with van der Waals surface area (Å²) in [4.78, 5) is 26.6. The quantitative estimate of drug-likeness (QED) is 0.642. The highest BCUT2D eigenvalue weighted by atomic mass is 16.4. The van der Waals surface area contributed by atoms with E-state index in [-0.39, 0.29) is 5.91 Å². The molecule has 0 bridgehead atoms. The molecule has 25 heavy (non-hydrogen) atoms. The highest BCUT2D eigenvalue weighted by molar-refractivity contribution is 5.91. The fraction of sp³-hybridized carbons (Fsp3) is 0.278. The smallest absolute Gasteiger partial charge is 0.331 e. The maximum absolute atomic E-state index is 12.2. The van der Waals surface area contributed by atoms with E-state index in [4.69, 9.17) is 0 Å². The molecule has 1 aromatic carbocycles. The summed E-state index contributed by atoms with van der Waals surface area (Å²) < 4.78 is 1.32. The van der Waals surface area contributed by atoms with E-state index in [0.717, 1.165) is 16.5 Å². The number of hydrogen-bond acceptors (Lipinski definition) is 3. The minimum Gasteiger partial charge on any atom is -0.479 e. The molecule has 0 spiro atoms. The van der Waals surface area contributed by atoms with E-state index < -0.39 is 11.5 Å². The SMILES string of the molecule is CC(C)(C(=O)O)n1cc(NC(=O)CCc2c[nH]c3ccccc23)cn1. The number of hydrogen-bond donors (Lipinski definition) is 3. The van der Waals surface area contributed by atoms with Crippen molar-refractivity contribution in [2.75, 3.05) is 5.32 Å². The summed E-state index contributed by atoms with van der Waals surface area (Å²) in [5.41, 5.74) is 1.45. The van der Waals surface area contributed by atoms with Crippen LogP contribution in [0.5, 0.6) is 0 Å². The lowest BCUT2D eigenvalue weighted by molar-refractivity contribution is -0.146. The van der Waals surface area contributed by atoms with Gasteiger partial charge in [0.25, 0.3) is 0 Å². The summed E-state index contributed by atoms with van der Waals surface area (Å²) in [7, 11) is 0. The van der Waals surface area contributed by atoms with Crippen molar-refractivity contribution in [3.05, 3.63) is 48.4 Å². The minimum atomic E-state index is -1.17. The van der Waals surface area contributed by atoms with Crippen LogP contribution in [0.3, 0.4) is 0 Å². The van der Waals surface area contributed by atoms with E-state index in [2.05, 4.69) is 15.4 Å². The van der Waals surface area contributed by atoms with E-state index in [9.17, 15) is 14.7 Å². The van der Waals surface area contributed by atoms with Gasteiger partial charge in [-0.25, -0.2) is 4.79 Å². The Bertz CT molecular complexity index is 923. The first-order valence-electron chi connectivity index (χ1n) is 8.01. The second kappa shape index (κ2) is 6.43. The summed E-state index contributed by atoms with van der Waals surface area (Å²) >= 11 is 0. The number of carboxylic acids is 1. The molecule has 0 aliphatic heterocycles. The maximum atomic E-state index is 12.2. The van der Waals surface area contributed by atoms with Crippen molar-refractivity contribution in [3.63, 3.8) is 0 Å². The van der Waals surface area contributed by atoms with E-state index >= 15 is 0 Å². The van der Waals surface area contributed by atoms with Gasteiger partial charge < -0.3 is 15.4 Å². The van der Waals surface area contributed by atoms with Crippen LogP contribution < -0.4 is 5.32 Å². The number of amides is 1. The molecule has 0 unspecified atom stereocenters. The number of carbonyl (C=O) groups excluding carboxylic acids is 1. The first kappa shape index (κ1) is 16.8. The third kappa shape index (κ3) is 3.40. The minimum absolute atomic E-state index is 0.141. The molecule has 0 atom stereocenters. The van der Waals surface area contributed by atoms with E-state index in [0.29, 0.717) is 18.5 Å². The Morgan fingerprint density at radius 1 is 1.32 bits per heavy atom. The largest absolute Gasteiger partial charge is 0.479 e. The lowest BCUT2D eigenvalue weighted by Gasteiger charge is -2.19. The molecule has 0 fully saturated rings. The number of para-hydroxylation sites is 1. The predicted molar refractivity (Wildman–Crippen MR) is 94.4 cm³/mol. The highest BCUT2D eigenvalue weighted by Gasteiger charge is 2.30. The Kier molecular flexibility index (Phi) is 4.31. The van der Waals surface area contributed by atoms with Gasteiger partial charge in [0.15, 0.2) is 5.54 Å². The highest BCUT2D eigenvalue weighted by Crippen LogP contribution is 2.20. The van der Waals surface area contributed by atoms with Crippen LogP contribution in [0.25, 0.3) is 10.9 Å². The Morgan fingerprint density at radius 2 is 2.08 bits per heavy atom. The van der Waals surface area contributed by atoms with Crippen molar-refractivity contribution in [1.29, 1.82) is 0 Å². The second-order valence-corrected chi connectivity index (χ2v) is 6.45. The normalized spacial score (nSPS) is 11.6. The third-order valence-electron chi connectivity index (χ3n) is 4.26. The van der Waals surface area contributed by atoms with Gasteiger partial charge in [-0.2, -0.15) is 5.10 Å². The predicted octanol–water partition coefficient (Wildman–Crippen LogP) is 2.76. The van der Waals surface area contributed by atoms with Gasteiger partial charge in [-0.05, 0) is 31.9 Å². The van der Waals surface area contributed by atoms with Crippen LogP contribution in [0.2, 0.25) is 0 Å². The van der Waals surface area contributed by atoms with Gasteiger partial charge in [-0.1, -0.05) is 18.2 Å². The van der Waals surface area contributed by atoms with Crippen LogP contribution in [0.15, 0.2) is 42.9 Å². The van der Waals surface area contributed by atoms with E-state index in [1.165, 1.54) is 17.1 Å². The summed E-state index contributed by atoms with van der Waals surface area (Å²) in [6, 6.07) is 7.96. The zero-order valence-corrected chi connectivity index (χ0v) is 14.1. The number of aryl methyl sites for hydroxylation is 1. The second-order valence-electron chi connectivity index (χ2n) is 6.45. The number of rotatable bonds is 6. The monoisotopic (exact) mass is 340 g/mol. The first-order chi connectivity index (χ1) is 11.9. The molecule has 3 rings (SSSR count). The molecular formula is C18H20N4O3. The van der Waals surface area contributed by atoms with Crippen molar-refractivity contribution < 1.29 is 14.7 Å². The molecule has 0 aliphatic carbocycles. The third-order valence-corrected chi connectivity index (χ3v) is 4.26. The van der Waals surface area contributed by atoms with Crippen molar-refractivity contribution in [2.45, 2.75) is 32.2 Å². The number of H-pyrrole nitrogens is 1. The van der Waals surface area contributed by atoms with Crippen LogP contribution in [-0.2, 0) is 21.5 Å².